The molecule has 2 aromatic carbocycles. The minimum Gasteiger partial charge on any atom is -0.493 e. The van der Waals surface area contributed by atoms with Crippen LogP contribution in [0.25, 0.3) is 0 Å². The minimum atomic E-state index is -0.953. The van der Waals surface area contributed by atoms with Crippen LogP contribution < -0.4 is 14.8 Å². The highest BCUT2D eigenvalue weighted by Crippen LogP contribution is 2.40. The summed E-state index contributed by atoms with van der Waals surface area (Å²) in [5, 5.41) is 2.68. The first-order valence-corrected chi connectivity index (χ1v) is 9.47. The van der Waals surface area contributed by atoms with E-state index in [1.807, 2.05) is 6.92 Å². The number of halogens is 2. The van der Waals surface area contributed by atoms with Crippen LogP contribution in [0.1, 0.15) is 34.1 Å². The first kappa shape index (κ1) is 22.2. The first-order chi connectivity index (χ1) is 14.7. The van der Waals surface area contributed by atoms with Crippen molar-refractivity contribution in [2.24, 2.45) is 11.8 Å². The number of Topliss-reactive ketones (excluding diaryl/α,β-unsaturated/α-hetero) is 1. The largest absolute Gasteiger partial charge is 0.493 e. The van der Waals surface area contributed by atoms with E-state index in [0.717, 1.165) is 24.6 Å². The highest BCUT2D eigenvalue weighted by Gasteiger charge is 2.39. The molecule has 1 amide bonds. The Morgan fingerprint density at radius 3 is 2.29 bits per heavy atom. The average molecular weight is 433 g/mol. The lowest BCUT2D eigenvalue weighted by atomic mass is 10.1. The third-order valence-corrected chi connectivity index (χ3v) is 5.01. The molecular weight excluding hydrogens is 412 g/mol. The second-order valence-corrected chi connectivity index (χ2v) is 7.18. The fourth-order valence-electron chi connectivity index (χ4n) is 3.06. The summed E-state index contributed by atoms with van der Waals surface area (Å²) >= 11 is 0. The van der Waals surface area contributed by atoms with Crippen molar-refractivity contribution in [3.8, 4) is 11.5 Å². The van der Waals surface area contributed by atoms with E-state index < -0.39 is 35.6 Å². The smallest absolute Gasteiger partial charge is 0.340 e. The summed E-state index contributed by atoms with van der Waals surface area (Å²) in [6.45, 7) is 1.12. The number of nitrogens with one attached hydrogen (secondary N) is 1. The zero-order valence-electron chi connectivity index (χ0n) is 17.2. The van der Waals surface area contributed by atoms with E-state index in [-0.39, 0.29) is 40.5 Å². The van der Waals surface area contributed by atoms with Crippen molar-refractivity contribution in [3.05, 3.63) is 53.1 Å². The van der Waals surface area contributed by atoms with E-state index in [1.165, 1.54) is 26.4 Å². The van der Waals surface area contributed by atoms with E-state index in [1.54, 1.807) is 0 Å². The van der Waals surface area contributed by atoms with Crippen molar-refractivity contribution < 1.29 is 37.4 Å². The fourth-order valence-corrected chi connectivity index (χ4v) is 3.06. The number of hydrogen-bond acceptors (Lipinski definition) is 6. The van der Waals surface area contributed by atoms with E-state index in [0.29, 0.717) is 0 Å². The molecule has 0 radical (unpaired) electrons. The van der Waals surface area contributed by atoms with Crippen molar-refractivity contribution >= 4 is 23.3 Å². The number of carbonyl (C=O) groups is 3. The van der Waals surface area contributed by atoms with Gasteiger partial charge >= 0.3 is 5.97 Å². The molecule has 164 valence electrons. The molecule has 3 rings (SSSR count). The number of hydrogen-bond donors (Lipinski definition) is 1. The predicted octanol–water partition coefficient (Wildman–Crippen LogP) is 3.62. The minimum absolute atomic E-state index is 0.0770. The average Bonchev–Trinajstić information content (AvgIpc) is 3.49. The van der Waals surface area contributed by atoms with Crippen molar-refractivity contribution in [2.75, 3.05) is 26.1 Å². The molecule has 9 heteroatoms. The molecule has 0 saturated heterocycles. The lowest BCUT2D eigenvalue weighted by Gasteiger charge is -2.15. The summed E-state index contributed by atoms with van der Waals surface area (Å²) in [5.41, 5.74) is -0.487. The van der Waals surface area contributed by atoms with Crippen molar-refractivity contribution in [3.63, 3.8) is 0 Å². The number of ketones is 1. The molecule has 2 atom stereocenters. The highest BCUT2D eigenvalue weighted by atomic mass is 19.1. The van der Waals surface area contributed by atoms with E-state index in [4.69, 9.17) is 14.2 Å². The number of ether oxygens (including phenoxy) is 3. The molecule has 2 aromatic rings. The van der Waals surface area contributed by atoms with Crippen LogP contribution in [0.4, 0.5) is 14.5 Å². The maximum absolute atomic E-state index is 13.8. The van der Waals surface area contributed by atoms with Crippen LogP contribution >= 0.6 is 0 Å². The van der Waals surface area contributed by atoms with Crippen LogP contribution in [0.5, 0.6) is 11.5 Å². The fraction of sp³-hybridized carbons (Fsp3) is 0.318. The Morgan fingerprint density at radius 1 is 1.03 bits per heavy atom. The Morgan fingerprint density at radius 2 is 1.68 bits per heavy atom. The van der Waals surface area contributed by atoms with Gasteiger partial charge in [-0.25, -0.2) is 13.6 Å². The van der Waals surface area contributed by atoms with Gasteiger partial charge in [0.15, 0.2) is 18.1 Å². The van der Waals surface area contributed by atoms with Crippen LogP contribution in [0.3, 0.4) is 0 Å². The predicted molar refractivity (Wildman–Crippen MR) is 106 cm³/mol. The number of methoxy groups -OCH3 is 2. The van der Waals surface area contributed by atoms with Gasteiger partial charge in [-0.05, 0) is 30.5 Å². The Hall–Kier alpha value is -3.49. The van der Waals surface area contributed by atoms with Crippen molar-refractivity contribution in [2.45, 2.75) is 13.3 Å². The number of anilines is 1. The topological polar surface area (TPSA) is 90.9 Å². The van der Waals surface area contributed by atoms with Crippen LogP contribution in [0.15, 0.2) is 30.3 Å². The molecule has 1 aliphatic rings. The SMILES string of the molecule is COc1cc(NC(=O)C2CC2C)c(C(=O)OCC(=O)c2cc(F)ccc2F)cc1OC. The molecule has 1 N–H and O–H groups in total. The molecule has 7 nitrogen and oxygen atoms in total. The van der Waals surface area contributed by atoms with Crippen LogP contribution in [-0.2, 0) is 9.53 Å². The number of benzene rings is 2. The molecule has 1 aliphatic carbocycles. The zero-order chi connectivity index (χ0) is 22.7. The maximum Gasteiger partial charge on any atom is 0.340 e. The number of esters is 1. The zero-order valence-corrected chi connectivity index (χ0v) is 17.2. The van der Waals surface area contributed by atoms with Gasteiger partial charge in [-0.15, -0.1) is 0 Å². The van der Waals surface area contributed by atoms with Gasteiger partial charge < -0.3 is 19.5 Å². The molecular formula is C22H21F2NO6. The lowest BCUT2D eigenvalue weighted by Crippen LogP contribution is -2.20. The highest BCUT2D eigenvalue weighted by molar-refractivity contribution is 6.05. The summed E-state index contributed by atoms with van der Waals surface area (Å²) in [6.07, 6.45) is 0.743. The molecule has 1 fully saturated rings. The van der Waals surface area contributed by atoms with Crippen molar-refractivity contribution in [1.82, 2.24) is 0 Å². The Balaban J connectivity index is 1.81. The standard InChI is InChI=1S/C22H21F2NO6/c1-11-6-13(11)21(27)25-17-9-20(30-3)19(29-2)8-15(17)22(28)31-10-18(26)14-7-12(23)4-5-16(14)24/h4-5,7-9,11,13H,6,10H2,1-3H3,(H,25,27). The van der Waals surface area contributed by atoms with E-state index >= 15 is 0 Å². The molecule has 0 aromatic heterocycles. The molecule has 0 heterocycles. The molecule has 0 spiro atoms. The van der Waals surface area contributed by atoms with Crippen molar-refractivity contribution in [1.29, 1.82) is 0 Å². The third-order valence-electron chi connectivity index (χ3n) is 5.01. The van der Waals surface area contributed by atoms with E-state index in [9.17, 15) is 23.2 Å². The Bertz CT molecular complexity index is 1040. The molecule has 0 aliphatic heterocycles. The summed E-state index contributed by atoms with van der Waals surface area (Å²) in [6, 6.07) is 5.13. The van der Waals surface area contributed by atoms with Gasteiger partial charge in [-0.1, -0.05) is 6.92 Å². The molecule has 1 saturated carbocycles. The van der Waals surface area contributed by atoms with E-state index in [2.05, 4.69) is 5.32 Å². The first-order valence-electron chi connectivity index (χ1n) is 9.47. The normalized spacial score (nSPS) is 16.9. The summed E-state index contributed by atoms with van der Waals surface area (Å²) in [5.74, 6) is -3.29. The van der Waals surface area contributed by atoms with Gasteiger partial charge in [-0.2, -0.15) is 0 Å². The van der Waals surface area contributed by atoms with Crippen LogP contribution in [0.2, 0.25) is 0 Å². The Kier molecular flexibility index (Phi) is 6.53. The summed E-state index contributed by atoms with van der Waals surface area (Å²) in [7, 11) is 2.77. The lowest BCUT2D eigenvalue weighted by molar-refractivity contribution is -0.117. The molecule has 2 unspecified atom stereocenters. The molecule has 31 heavy (non-hydrogen) atoms. The van der Waals surface area contributed by atoms with Gasteiger partial charge in [0, 0.05) is 18.1 Å². The second kappa shape index (κ2) is 9.11. The van der Waals surface area contributed by atoms with Crippen LogP contribution in [0, 0.1) is 23.5 Å². The number of carbonyl (C=O) groups excluding carboxylic acids is 3. The van der Waals surface area contributed by atoms with Gasteiger partial charge in [0.1, 0.15) is 11.6 Å². The van der Waals surface area contributed by atoms with Gasteiger partial charge in [-0.3, -0.25) is 9.59 Å². The number of amides is 1. The summed E-state index contributed by atoms with van der Waals surface area (Å²) in [4.78, 5) is 37.2. The summed E-state index contributed by atoms with van der Waals surface area (Å²) < 4.78 is 42.5. The third kappa shape index (κ3) is 4.99. The molecule has 0 bridgehead atoms. The Labute approximate surface area is 177 Å². The van der Waals surface area contributed by atoms with Gasteiger partial charge in [0.05, 0.1) is 31.0 Å². The second-order valence-electron chi connectivity index (χ2n) is 7.18. The van der Waals surface area contributed by atoms with Crippen LogP contribution in [-0.4, -0.2) is 38.5 Å². The number of rotatable bonds is 8. The monoisotopic (exact) mass is 433 g/mol. The van der Waals surface area contributed by atoms with Gasteiger partial charge in [0.2, 0.25) is 11.7 Å². The quantitative estimate of drug-likeness (QED) is 0.505. The maximum atomic E-state index is 13.8. The van der Waals surface area contributed by atoms with Gasteiger partial charge in [0.25, 0.3) is 0 Å².